The number of nitrogens with two attached hydrogens (primary N) is 1. The van der Waals surface area contributed by atoms with Crippen molar-refractivity contribution in [2.45, 2.75) is 19.3 Å². The zero-order valence-electron chi connectivity index (χ0n) is 16.0. The Morgan fingerprint density at radius 2 is 1.90 bits per heavy atom. The first-order chi connectivity index (χ1) is 13.9. The fourth-order valence-corrected chi connectivity index (χ4v) is 3.30. The van der Waals surface area contributed by atoms with Gasteiger partial charge in [0.2, 0.25) is 5.82 Å². The van der Waals surface area contributed by atoms with Crippen LogP contribution in [0.1, 0.15) is 35.4 Å². The number of esters is 1. The second-order valence-corrected chi connectivity index (χ2v) is 6.92. The summed E-state index contributed by atoms with van der Waals surface area (Å²) in [5.41, 5.74) is 6.42. The molecule has 3 N–H and O–H groups in total. The number of piperidine rings is 1. The molecule has 8 nitrogen and oxygen atoms in total. The molecule has 152 valence electrons. The Labute approximate surface area is 167 Å². The third kappa shape index (κ3) is 4.74. The number of halogens is 1. The number of rotatable bonds is 5. The fraction of sp³-hybridized carbons (Fsp3) is 0.350. The highest BCUT2D eigenvalue weighted by Gasteiger charge is 2.26. The number of amides is 1. The number of carbonyl (C=O) groups is 2. The molecule has 1 fully saturated rings. The number of likely N-dealkylation sites (tertiary alicyclic amines) is 1. The topological polar surface area (TPSA) is 122 Å². The molecule has 1 aliphatic heterocycles. The number of ether oxygens (including phenoxy) is 1. The molecule has 0 saturated carbocycles. The van der Waals surface area contributed by atoms with Crippen molar-refractivity contribution in [3.8, 4) is 11.1 Å². The molecule has 3 rings (SSSR count). The lowest BCUT2D eigenvalue weighted by Crippen LogP contribution is -2.39. The summed E-state index contributed by atoms with van der Waals surface area (Å²) in [5, 5.41) is 7.33. The quantitative estimate of drug-likeness (QED) is 0.450. The molecule has 2 aromatic rings. The Hall–Kier alpha value is -3.36. The molecule has 1 aromatic carbocycles. The summed E-state index contributed by atoms with van der Waals surface area (Å²) in [6.45, 7) is 1.06. The molecular weight excluding hydrogens is 377 g/mol. The lowest BCUT2D eigenvalue weighted by Gasteiger charge is -2.31. The smallest absolute Gasteiger partial charge is 0.305 e. The van der Waals surface area contributed by atoms with Gasteiger partial charge in [0.15, 0.2) is 0 Å². The van der Waals surface area contributed by atoms with Crippen LogP contribution in [0, 0.1) is 17.1 Å². The minimum atomic E-state index is -0.607. The number of amidine groups is 1. The second-order valence-electron chi connectivity index (χ2n) is 6.92. The van der Waals surface area contributed by atoms with Crippen molar-refractivity contribution in [1.29, 1.82) is 5.41 Å². The minimum absolute atomic E-state index is 0.0251. The number of nitrogen functional groups attached to an aromatic ring is 1. The number of aromatic nitrogens is 2. The summed E-state index contributed by atoms with van der Waals surface area (Å²) < 4.78 is 18.7. The summed E-state index contributed by atoms with van der Waals surface area (Å²) in [4.78, 5) is 33.9. The Morgan fingerprint density at radius 1 is 1.24 bits per heavy atom. The van der Waals surface area contributed by atoms with Gasteiger partial charge in [0, 0.05) is 37.5 Å². The van der Waals surface area contributed by atoms with Crippen LogP contribution >= 0.6 is 0 Å². The van der Waals surface area contributed by atoms with E-state index in [-0.39, 0.29) is 35.0 Å². The molecule has 0 atom stereocenters. The van der Waals surface area contributed by atoms with Crippen molar-refractivity contribution in [2.24, 2.45) is 11.7 Å². The molecule has 29 heavy (non-hydrogen) atoms. The van der Waals surface area contributed by atoms with Crippen LogP contribution in [0.25, 0.3) is 11.1 Å². The standard InChI is InChI=1S/C20H22FN5O3/c1-29-17(27)8-12-4-6-26(7-5-12)20(28)19-24-10-14(11-25-19)13-2-3-15(18(22)23)16(21)9-13/h2-3,9-12H,4-8H2,1H3,(H3,22,23). The van der Waals surface area contributed by atoms with E-state index in [4.69, 9.17) is 15.9 Å². The predicted molar refractivity (Wildman–Crippen MR) is 104 cm³/mol. The molecule has 0 aliphatic carbocycles. The number of carbonyl (C=O) groups excluding carboxylic acids is 2. The average Bonchev–Trinajstić information content (AvgIpc) is 2.73. The minimum Gasteiger partial charge on any atom is -0.469 e. The van der Waals surface area contributed by atoms with Crippen molar-refractivity contribution in [3.63, 3.8) is 0 Å². The molecule has 1 saturated heterocycles. The Bertz CT molecular complexity index is 924. The molecule has 0 unspecified atom stereocenters. The van der Waals surface area contributed by atoms with Crippen LogP contribution in [0.2, 0.25) is 0 Å². The maximum atomic E-state index is 14.0. The molecule has 0 radical (unpaired) electrons. The van der Waals surface area contributed by atoms with Gasteiger partial charge >= 0.3 is 5.97 Å². The molecule has 1 aromatic heterocycles. The van der Waals surface area contributed by atoms with E-state index in [1.165, 1.54) is 31.6 Å². The third-order valence-electron chi connectivity index (χ3n) is 5.02. The monoisotopic (exact) mass is 399 g/mol. The van der Waals surface area contributed by atoms with Gasteiger partial charge in [-0.25, -0.2) is 14.4 Å². The number of methoxy groups -OCH3 is 1. The summed E-state index contributed by atoms with van der Waals surface area (Å²) in [6, 6.07) is 4.29. The van der Waals surface area contributed by atoms with Crippen LogP contribution in [0.15, 0.2) is 30.6 Å². The normalized spacial score (nSPS) is 14.5. The van der Waals surface area contributed by atoms with E-state index in [0.29, 0.717) is 30.6 Å². The highest BCUT2D eigenvalue weighted by Crippen LogP contribution is 2.23. The van der Waals surface area contributed by atoms with Crippen LogP contribution in [-0.4, -0.2) is 52.8 Å². The maximum Gasteiger partial charge on any atom is 0.305 e. The van der Waals surface area contributed by atoms with E-state index in [0.717, 1.165) is 12.8 Å². The molecular formula is C20H22FN5O3. The van der Waals surface area contributed by atoms with Gasteiger partial charge < -0.3 is 15.4 Å². The molecule has 0 bridgehead atoms. The van der Waals surface area contributed by atoms with Gasteiger partial charge in [0.25, 0.3) is 5.91 Å². The zero-order chi connectivity index (χ0) is 21.0. The van der Waals surface area contributed by atoms with E-state index in [1.807, 2.05) is 0 Å². The van der Waals surface area contributed by atoms with Crippen molar-refractivity contribution < 1.29 is 18.7 Å². The number of nitrogens with zero attached hydrogens (tertiary/aromatic N) is 3. The van der Waals surface area contributed by atoms with Crippen LogP contribution < -0.4 is 5.73 Å². The largest absolute Gasteiger partial charge is 0.469 e. The summed E-state index contributed by atoms with van der Waals surface area (Å²) in [5.74, 6) is -1.18. The number of benzene rings is 1. The number of hydrogen-bond donors (Lipinski definition) is 2. The van der Waals surface area contributed by atoms with Crippen LogP contribution in [0.4, 0.5) is 4.39 Å². The molecule has 0 spiro atoms. The maximum absolute atomic E-state index is 14.0. The lowest BCUT2D eigenvalue weighted by molar-refractivity contribution is -0.142. The zero-order valence-corrected chi connectivity index (χ0v) is 16.0. The van der Waals surface area contributed by atoms with Gasteiger partial charge in [-0.2, -0.15) is 0 Å². The van der Waals surface area contributed by atoms with Gasteiger partial charge in [0.1, 0.15) is 11.7 Å². The Balaban J connectivity index is 1.64. The first-order valence-corrected chi connectivity index (χ1v) is 9.21. The predicted octanol–water partition coefficient (Wildman–Crippen LogP) is 1.98. The number of nitrogens with one attached hydrogen (secondary N) is 1. The Kier molecular flexibility index (Phi) is 6.16. The second kappa shape index (κ2) is 8.76. The first-order valence-electron chi connectivity index (χ1n) is 9.21. The van der Waals surface area contributed by atoms with Crippen LogP contribution in [0.5, 0.6) is 0 Å². The van der Waals surface area contributed by atoms with Crippen LogP contribution in [-0.2, 0) is 9.53 Å². The SMILES string of the molecule is COC(=O)CC1CCN(C(=O)c2ncc(-c3ccc(C(=N)N)c(F)c3)cn2)CC1. The lowest BCUT2D eigenvalue weighted by atomic mass is 9.93. The van der Waals surface area contributed by atoms with E-state index >= 15 is 0 Å². The highest BCUT2D eigenvalue weighted by atomic mass is 19.1. The van der Waals surface area contributed by atoms with E-state index in [1.54, 1.807) is 11.0 Å². The number of hydrogen-bond acceptors (Lipinski definition) is 6. The molecule has 1 aliphatic rings. The van der Waals surface area contributed by atoms with Crippen molar-refractivity contribution in [1.82, 2.24) is 14.9 Å². The highest BCUT2D eigenvalue weighted by molar-refractivity contribution is 5.95. The Morgan fingerprint density at radius 3 is 2.45 bits per heavy atom. The van der Waals surface area contributed by atoms with Crippen molar-refractivity contribution in [3.05, 3.63) is 47.8 Å². The molecule has 2 heterocycles. The van der Waals surface area contributed by atoms with Gasteiger partial charge in [-0.15, -0.1) is 0 Å². The molecule has 1 amide bonds. The van der Waals surface area contributed by atoms with E-state index in [2.05, 4.69) is 9.97 Å². The average molecular weight is 399 g/mol. The molecule has 9 heteroatoms. The van der Waals surface area contributed by atoms with E-state index in [9.17, 15) is 14.0 Å². The van der Waals surface area contributed by atoms with Crippen LogP contribution in [0.3, 0.4) is 0 Å². The third-order valence-corrected chi connectivity index (χ3v) is 5.02. The van der Waals surface area contributed by atoms with Crippen molar-refractivity contribution >= 4 is 17.7 Å². The van der Waals surface area contributed by atoms with Gasteiger partial charge in [0.05, 0.1) is 12.7 Å². The van der Waals surface area contributed by atoms with Crippen molar-refractivity contribution in [2.75, 3.05) is 20.2 Å². The van der Waals surface area contributed by atoms with E-state index < -0.39 is 5.82 Å². The summed E-state index contributed by atoms with van der Waals surface area (Å²) in [6.07, 6.45) is 4.74. The fourth-order valence-electron chi connectivity index (χ4n) is 3.30. The van der Waals surface area contributed by atoms with Gasteiger partial charge in [-0.3, -0.25) is 15.0 Å². The summed E-state index contributed by atoms with van der Waals surface area (Å²) in [7, 11) is 1.37. The first kappa shape index (κ1) is 20.4. The van der Waals surface area contributed by atoms with Gasteiger partial charge in [-0.05, 0) is 36.5 Å². The summed E-state index contributed by atoms with van der Waals surface area (Å²) >= 11 is 0. The van der Waals surface area contributed by atoms with Gasteiger partial charge in [-0.1, -0.05) is 6.07 Å².